The molecule has 0 spiro atoms. The van der Waals surface area contributed by atoms with Gasteiger partial charge in [-0.15, -0.1) is 11.3 Å². The first-order valence-corrected chi connectivity index (χ1v) is 7.25. The Morgan fingerprint density at radius 2 is 1.42 bits per heavy atom. The molecule has 0 amide bonds. The molecule has 4 rings (SSSR count). The summed E-state index contributed by atoms with van der Waals surface area (Å²) in [5.74, 6) is 0. The highest BCUT2D eigenvalue weighted by molar-refractivity contribution is 7.13. The van der Waals surface area contributed by atoms with Crippen LogP contribution in [0, 0.1) is 0 Å². The molecule has 1 heteroatoms. The molecule has 19 heavy (non-hydrogen) atoms. The van der Waals surface area contributed by atoms with Crippen molar-refractivity contribution in [1.82, 2.24) is 0 Å². The molecule has 4 aromatic rings. The van der Waals surface area contributed by atoms with Crippen molar-refractivity contribution in [2.45, 2.75) is 0 Å². The Kier molecular flexibility index (Phi) is 2.39. The number of benzene rings is 3. The quantitative estimate of drug-likeness (QED) is 0.384. The Bertz CT molecular complexity index is 857. The van der Waals surface area contributed by atoms with E-state index in [0.717, 1.165) is 0 Å². The van der Waals surface area contributed by atoms with Crippen molar-refractivity contribution in [2.24, 2.45) is 0 Å². The highest BCUT2D eigenvalue weighted by Crippen LogP contribution is 2.31. The summed E-state index contributed by atoms with van der Waals surface area (Å²) in [4.78, 5) is 1.33. The largest absolute Gasteiger partial charge is 0.144 e. The molecule has 0 aliphatic carbocycles. The molecule has 0 N–H and O–H groups in total. The maximum Gasteiger partial charge on any atom is 0.0342 e. The van der Waals surface area contributed by atoms with Crippen LogP contribution in [-0.4, -0.2) is 0 Å². The first-order valence-electron chi connectivity index (χ1n) is 6.37. The van der Waals surface area contributed by atoms with Crippen LogP contribution in [0.15, 0.2) is 72.1 Å². The zero-order chi connectivity index (χ0) is 12.7. The highest BCUT2D eigenvalue weighted by Gasteiger charge is 2.03. The van der Waals surface area contributed by atoms with Gasteiger partial charge in [0.15, 0.2) is 0 Å². The van der Waals surface area contributed by atoms with Crippen LogP contribution >= 0.6 is 11.3 Å². The zero-order valence-electron chi connectivity index (χ0n) is 10.3. The molecule has 0 saturated heterocycles. The lowest BCUT2D eigenvalue weighted by atomic mass is 10.00. The van der Waals surface area contributed by atoms with E-state index in [1.54, 1.807) is 11.3 Å². The van der Waals surface area contributed by atoms with Crippen molar-refractivity contribution in [3.05, 3.63) is 72.1 Å². The van der Waals surface area contributed by atoms with Crippen LogP contribution in [-0.2, 0) is 0 Å². The molecule has 1 aromatic heterocycles. The average Bonchev–Trinajstić information content (AvgIpc) is 3.01. The third kappa shape index (κ3) is 1.74. The van der Waals surface area contributed by atoms with Crippen LogP contribution in [0.4, 0.5) is 0 Å². The second kappa shape index (κ2) is 4.22. The Morgan fingerprint density at radius 3 is 2.26 bits per heavy atom. The molecule has 0 aliphatic rings. The van der Waals surface area contributed by atoms with E-state index in [-0.39, 0.29) is 0 Å². The minimum Gasteiger partial charge on any atom is -0.144 e. The van der Waals surface area contributed by atoms with Crippen LogP contribution in [0.2, 0.25) is 0 Å². The van der Waals surface area contributed by atoms with E-state index in [1.807, 2.05) is 0 Å². The summed E-state index contributed by atoms with van der Waals surface area (Å²) < 4.78 is 0. The fourth-order valence-electron chi connectivity index (χ4n) is 2.60. The molecule has 0 aliphatic heterocycles. The van der Waals surface area contributed by atoms with Gasteiger partial charge in [0.2, 0.25) is 0 Å². The van der Waals surface area contributed by atoms with Crippen molar-refractivity contribution in [3.63, 3.8) is 0 Å². The van der Waals surface area contributed by atoms with Crippen LogP contribution in [0.5, 0.6) is 0 Å². The van der Waals surface area contributed by atoms with Gasteiger partial charge in [0.25, 0.3) is 0 Å². The predicted octanol–water partition coefficient (Wildman–Crippen LogP) is 5.72. The number of thiophene rings is 1. The minimum atomic E-state index is 1.30. The van der Waals surface area contributed by atoms with E-state index >= 15 is 0 Å². The lowest BCUT2D eigenvalue weighted by Gasteiger charge is -2.06. The molecule has 0 nitrogen and oxygen atoms in total. The third-order valence-corrected chi connectivity index (χ3v) is 4.47. The average molecular weight is 260 g/mol. The SMILES string of the molecule is c1csc(-c2ccc3ccc4ccccc4c3c2)c1. The molecule has 0 atom stereocenters. The van der Waals surface area contributed by atoms with Crippen molar-refractivity contribution in [3.8, 4) is 10.4 Å². The van der Waals surface area contributed by atoms with Crippen LogP contribution in [0.3, 0.4) is 0 Å². The van der Waals surface area contributed by atoms with Gasteiger partial charge >= 0.3 is 0 Å². The smallest absolute Gasteiger partial charge is 0.0342 e. The number of hydrogen-bond acceptors (Lipinski definition) is 1. The number of fused-ring (bicyclic) bond motifs is 3. The van der Waals surface area contributed by atoms with Crippen molar-refractivity contribution in [2.75, 3.05) is 0 Å². The summed E-state index contributed by atoms with van der Waals surface area (Å²) in [6.07, 6.45) is 0. The predicted molar refractivity (Wildman–Crippen MR) is 84.8 cm³/mol. The van der Waals surface area contributed by atoms with Gasteiger partial charge in [-0.25, -0.2) is 0 Å². The highest BCUT2D eigenvalue weighted by atomic mass is 32.1. The Balaban J connectivity index is 2.09. The van der Waals surface area contributed by atoms with Crippen molar-refractivity contribution >= 4 is 32.9 Å². The maximum atomic E-state index is 2.31. The van der Waals surface area contributed by atoms with Gasteiger partial charge in [-0.3, -0.25) is 0 Å². The first-order chi connectivity index (χ1) is 9.42. The second-order valence-corrected chi connectivity index (χ2v) is 5.65. The Labute approximate surface area is 115 Å². The maximum absolute atomic E-state index is 2.31. The Morgan fingerprint density at radius 1 is 0.632 bits per heavy atom. The minimum absolute atomic E-state index is 1.30. The summed E-state index contributed by atoms with van der Waals surface area (Å²) in [5.41, 5.74) is 1.30. The normalized spacial score (nSPS) is 11.2. The zero-order valence-corrected chi connectivity index (χ0v) is 11.2. The molecule has 0 bridgehead atoms. The van der Waals surface area contributed by atoms with E-state index in [1.165, 1.54) is 32.0 Å². The first kappa shape index (κ1) is 10.8. The van der Waals surface area contributed by atoms with E-state index in [4.69, 9.17) is 0 Å². The van der Waals surface area contributed by atoms with Gasteiger partial charge in [0, 0.05) is 4.88 Å². The van der Waals surface area contributed by atoms with Gasteiger partial charge in [-0.2, -0.15) is 0 Å². The fourth-order valence-corrected chi connectivity index (χ4v) is 3.32. The van der Waals surface area contributed by atoms with Crippen LogP contribution in [0.25, 0.3) is 32.0 Å². The lowest BCUT2D eigenvalue weighted by Crippen LogP contribution is -1.79. The molecular formula is C18H12S. The van der Waals surface area contributed by atoms with E-state index < -0.39 is 0 Å². The van der Waals surface area contributed by atoms with Gasteiger partial charge in [-0.05, 0) is 44.6 Å². The summed E-state index contributed by atoms with van der Waals surface area (Å²) in [6, 6.07) is 24.0. The summed E-state index contributed by atoms with van der Waals surface area (Å²) in [6.45, 7) is 0. The summed E-state index contributed by atoms with van der Waals surface area (Å²) in [7, 11) is 0. The second-order valence-electron chi connectivity index (χ2n) is 4.70. The molecule has 90 valence electrons. The monoisotopic (exact) mass is 260 g/mol. The van der Waals surface area contributed by atoms with Crippen molar-refractivity contribution in [1.29, 1.82) is 0 Å². The van der Waals surface area contributed by atoms with Gasteiger partial charge < -0.3 is 0 Å². The molecular weight excluding hydrogens is 248 g/mol. The Hall–Kier alpha value is -2.12. The van der Waals surface area contributed by atoms with Crippen molar-refractivity contribution < 1.29 is 0 Å². The summed E-state index contributed by atoms with van der Waals surface area (Å²) >= 11 is 1.79. The number of hydrogen-bond donors (Lipinski definition) is 0. The lowest BCUT2D eigenvalue weighted by molar-refractivity contribution is 1.75. The van der Waals surface area contributed by atoms with Gasteiger partial charge in [0.05, 0.1) is 0 Å². The van der Waals surface area contributed by atoms with E-state index in [9.17, 15) is 0 Å². The van der Waals surface area contributed by atoms with Crippen LogP contribution < -0.4 is 0 Å². The van der Waals surface area contributed by atoms with E-state index in [2.05, 4.69) is 72.1 Å². The third-order valence-electron chi connectivity index (χ3n) is 3.55. The number of rotatable bonds is 1. The molecule has 3 aromatic carbocycles. The molecule has 1 heterocycles. The topological polar surface area (TPSA) is 0 Å². The standard InChI is InChI=1S/C18H12S/c1-2-5-16-13(4-1)7-8-14-9-10-15(12-17(14)16)18-6-3-11-19-18/h1-12H. The molecule has 0 radical (unpaired) electrons. The fraction of sp³-hybridized carbons (Fsp3) is 0. The van der Waals surface area contributed by atoms with Gasteiger partial charge in [0.1, 0.15) is 0 Å². The van der Waals surface area contributed by atoms with Gasteiger partial charge in [-0.1, -0.05) is 54.6 Å². The molecule has 0 fully saturated rings. The summed E-state index contributed by atoms with van der Waals surface area (Å²) in [5, 5.41) is 7.41. The van der Waals surface area contributed by atoms with Crippen LogP contribution in [0.1, 0.15) is 0 Å². The molecule has 0 unspecified atom stereocenters. The van der Waals surface area contributed by atoms with E-state index in [0.29, 0.717) is 0 Å². The molecule has 0 saturated carbocycles.